The zero-order valence-electron chi connectivity index (χ0n) is 18.8. The highest BCUT2D eigenvalue weighted by Gasteiger charge is 2.30. The maximum absolute atomic E-state index is 12.3. The van der Waals surface area contributed by atoms with E-state index in [2.05, 4.69) is 37.5 Å². The van der Waals surface area contributed by atoms with E-state index in [0.29, 0.717) is 23.8 Å². The fourth-order valence-electron chi connectivity index (χ4n) is 3.14. The Labute approximate surface area is 182 Å². The zero-order valence-corrected chi connectivity index (χ0v) is 18.8. The predicted molar refractivity (Wildman–Crippen MR) is 119 cm³/mol. The van der Waals surface area contributed by atoms with Gasteiger partial charge in [-0.1, -0.05) is 0 Å². The summed E-state index contributed by atoms with van der Waals surface area (Å²) in [6, 6.07) is 1.80. The van der Waals surface area contributed by atoms with Crippen molar-refractivity contribution in [3.63, 3.8) is 0 Å². The Kier molecular flexibility index (Phi) is 8.35. The molecule has 170 valence electrons. The minimum atomic E-state index is -0.402. The van der Waals surface area contributed by atoms with E-state index in [1.807, 2.05) is 20.8 Å². The summed E-state index contributed by atoms with van der Waals surface area (Å²) in [6.45, 7) is 10.9. The van der Waals surface area contributed by atoms with Crippen LogP contribution in [0.5, 0.6) is 0 Å². The molecule has 10 nitrogen and oxygen atoms in total. The molecule has 0 spiro atoms. The van der Waals surface area contributed by atoms with Crippen molar-refractivity contribution in [1.82, 2.24) is 15.5 Å². The number of amides is 2. The van der Waals surface area contributed by atoms with Gasteiger partial charge in [0.25, 0.3) is 0 Å². The number of aromatic amines is 1. The van der Waals surface area contributed by atoms with Gasteiger partial charge in [0.1, 0.15) is 6.10 Å². The highest BCUT2D eigenvalue weighted by molar-refractivity contribution is 5.91. The molecule has 1 saturated carbocycles. The summed E-state index contributed by atoms with van der Waals surface area (Å²) in [7, 11) is 1.51. The molecule has 1 heterocycles. The summed E-state index contributed by atoms with van der Waals surface area (Å²) in [6.07, 6.45) is 3.26. The fraction of sp³-hybridized carbons (Fsp3) is 0.571. The third-order valence-corrected chi connectivity index (χ3v) is 4.68. The SMILES string of the molecule is C=N/C(=C\N=C(/C)OC)CC(=O)Nc1cc([C@H]2CC[C@@H](OC(=O)NC(C)(C)C)C2)[nH]n1. The monoisotopic (exact) mass is 432 g/mol. The Balaban J connectivity index is 1.87. The number of carbonyl (C=O) groups excluding carboxylic acids is 2. The first kappa shape index (κ1) is 24.1. The topological polar surface area (TPSA) is 130 Å². The number of aromatic nitrogens is 2. The van der Waals surface area contributed by atoms with Crippen molar-refractivity contribution < 1.29 is 19.1 Å². The van der Waals surface area contributed by atoms with E-state index in [-0.39, 0.29) is 29.9 Å². The molecular weight excluding hydrogens is 400 g/mol. The van der Waals surface area contributed by atoms with Gasteiger partial charge < -0.3 is 20.1 Å². The molecule has 2 amide bonds. The zero-order chi connectivity index (χ0) is 23.0. The standard InChI is InChI=1S/C21H32N6O4/c1-13(30-6)23-12-15(22-5)10-19(28)24-18-11-17(26-27-18)14-7-8-16(9-14)31-20(29)25-21(2,3)4/h11-12,14,16H,5,7-10H2,1-4,6H3,(H,25,29)(H2,24,26,27,28)/b15-12-,23-13+/t14-,16+/m0/s1. The van der Waals surface area contributed by atoms with Gasteiger partial charge >= 0.3 is 6.09 Å². The number of methoxy groups -OCH3 is 1. The van der Waals surface area contributed by atoms with E-state index in [4.69, 9.17) is 9.47 Å². The van der Waals surface area contributed by atoms with Gasteiger partial charge in [-0.05, 0) is 46.8 Å². The average Bonchev–Trinajstić information content (AvgIpc) is 3.32. The number of rotatable bonds is 7. The number of H-pyrrole nitrogens is 1. The molecule has 2 atom stereocenters. The molecule has 31 heavy (non-hydrogen) atoms. The van der Waals surface area contributed by atoms with Gasteiger partial charge in [0.05, 0.1) is 25.4 Å². The average molecular weight is 433 g/mol. The van der Waals surface area contributed by atoms with Crippen molar-refractivity contribution in [1.29, 1.82) is 0 Å². The molecule has 0 saturated heterocycles. The van der Waals surface area contributed by atoms with E-state index >= 15 is 0 Å². The molecule has 1 aromatic rings. The van der Waals surface area contributed by atoms with Crippen LogP contribution in [0.4, 0.5) is 10.6 Å². The molecule has 3 N–H and O–H groups in total. The number of anilines is 1. The lowest BCUT2D eigenvalue weighted by Gasteiger charge is -2.22. The quantitative estimate of drug-likeness (QED) is 0.448. The largest absolute Gasteiger partial charge is 0.484 e. The molecule has 1 aromatic heterocycles. The highest BCUT2D eigenvalue weighted by atomic mass is 16.6. The van der Waals surface area contributed by atoms with Crippen molar-refractivity contribution in [2.24, 2.45) is 9.98 Å². The lowest BCUT2D eigenvalue weighted by Crippen LogP contribution is -2.42. The summed E-state index contributed by atoms with van der Waals surface area (Å²) >= 11 is 0. The Morgan fingerprint density at radius 3 is 2.77 bits per heavy atom. The Bertz CT molecular complexity index is 852. The summed E-state index contributed by atoms with van der Waals surface area (Å²) in [4.78, 5) is 32.1. The number of alkyl carbamates (subject to hydrolysis) is 1. The predicted octanol–water partition coefficient (Wildman–Crippen LogP) is 3.51. The van der Waals surface area contributed by atoms with Crippen LogP contribution in [0.1, 0.15) is 65.0 Å². The van der Waals surface area contributed by atoms with Gasteiger partial charge in [0.15, 0.2) is 11.7 Å². The third kappa shape index (κ3) is 8.23. The second kappa shape index (κ2) is 10.7. The normalized spacial score (nSPS) is 19.6. The molecule has 0 unspecified atom stereocenters. The number of ether oxygens (including phenoxy) is 2. The van der Waals surface area contributed by atoms with E-state index in [1.165, 1.54) is 13.3 Å². The van der Waals surface area contributed by atoms with Crippen molar-refractivity contribution in [3.8, 4) is 0 Å². The molecule has 0 radical (unpaired) electrons. The number of carbonyl (C=O) groups is 2. The van der Waals surface area contributed by atoms with Crippen molar-refractivity contribution in [3.05, 3.63) is 23.7 Å². The van der Waals surface area contributed by atoms with E-state index in [1.54, 1.807) is 13.0 Å². The summed E-state index contributed by atoms with van der Waals surface area (Å²) in [5.74, 6) is 0.777. The van der Waals surface area contributed by atoms with Crippen LogP contribution in [0.15, 0.2) is 27.9 Å². The number of hydrogen-bond donors (Lipinski definition) is 3. The fourth-order valence-corrected chi connectivity index (χ4v) is 3.14. The van der Waals surface area contributed by atoms with Crippen LogP contribution in [-0.4, -0.2) is 53.6 Å². The van der Waals surface area contributed by atoms with Crippen LogP contribution in [-0.2, 0) is 14.3 Å². The van der Waals surface area contributed by atoms with Gasteiger partial charge in [-0.25, -0.2) is 9.79 Å². The van der Waals surface area contributed by atoms with Crippen LogP contribution in [0.25, 0.3) is 0 Å². The third-order valence-electron chi connectivity index (χ3n) is 4.68. The molecule has 2 rings (SSSR count). The highest BCUT2D eigenvalue weighted by Crippen LogP contribution is 2.35. The number of nitrogens with one attached hydrogen (secondary N) is 3. The summed E-state index contributed by atoms with van der Waals surface area (Å²) in [5, 5.41) is 12.7. The van der Waals surface area contributed by atoms with Gasteiger partial charge in [0.2, 0.25) is 5.91 Å². The first-order chi connectivity index (χ1) is 14.6. The van der Waals surface area contributed by atoms with Crippen LogP contribution in [0.2, 0.25) is 0 Å². The lowest BCUT2D eigenvalue weighted by atomic mass is 10.0. The smallest absolute Gasteiger partial charge is 0.407 e. The molecule has 0 bridgehead atoms. The number of hydrogen-bond acceptors (Lipinski definition) is 7. The van der Waals surface area contributed by atoms with Crippen LogP contribution in [0.3, 0.4) is 0 Å². The minimum Gasteiger partial charge on any atom is -0.484 e. The lowest BCUT2D eigenvalue weighted by molar-refractivity contribution is -0.115. The first-order valence-electron chi connectivity index (χ1n) is 10.2. The van der Waals surface area contributed by atoms with Crippen LogP contribution >= 0.6 is 0 Å². The second-order valence-corrected chi connectivity index (χ2v) is 8.48. The van der Waals surface area contributed by atoms with Gasteiger partial charge in [-0.15, -0.1) is 0 Å². The number of aliphatic imine (C=N–C) groups is 2. The van der Waals surface area contributed by atoms with Crippen molar-refractivity contribution >= 4 is 30.4 Å². The van der Waals surface area contributed by atoms with Gasteiger partial charge in [-0.3, -0.25) is 14.9 Å². The van der Waals surface area contributed by atoms with E-state index in [9.17, 15) is 9.59 Å². The van der Waals surface area contributed by atoms with Crippen LogP contribution in [0, 0.1) is 0 Å². The van der Waals surface area contributed by atoms with Gasteiger partial charge in [0, 0.05) is 30.1 Å². The van der Waals surface area contributed by atoms with Crippen molar-refractivity contribution in [2.75, 3.05) is 12.4 Å². The van der Waals surface area contributed by atoms with Gasteiger partial charge in [-0.2, -0.15) is 5.10 Å². The maximum Gasteiger partial charge on any atom is 0.407 e. The van der Waals surface area contributed by atoms with Crippen LogP contribution < -0.4 is 10.6 Å². The minimum absolute atomic E-state index is 0.00835. The molecule has 1 aliphatic carbocycles. The Morgan fingerprint density at radius 1 is 1.39 bits per heavy atom. The van der Waals surface area contributed by atoms with E-state index < -0.39 is 6.09 Å². The molecule has 10 heteroatoms. The maximum atomic E-state index is 12.3. The number of nitrogens with zero attached hydrogens (tertiary/aromatic N) is 3. The summed E-state index contributed by atoms with van der Waals surface area (Å²) < 4.78 is 10.5. The van der Waals surface area contributed by atoms with Crippen molar-refractivity contribution in [2.45, 2.75) is 70.9 Å². The second-order valence-electron chi connectivity index (χ2n) is 8.48. The molecule has 0 aliphatic heterocycles. The Hall–Kier alpha value is -3.17. The Morgan fingerprint density at radius 2 is 2.13 bits per heavy atom. The molecular formula is C21H32N6O4. The molecule has 0 aromatic carbocycles. The molecule has 1 aliphatic rings. The first-order valence-corrected chi connectivity index (χ1v) is 10.2. The summed E-state index contributed by atoms with van der Waals surface area (Å²) in [5.41, 5.74) is 0.973. The molecule has 1 fully saturated rings. The van der Waals surface area contributed by atoms with E-state index in [0.717, 1.165) is 18.5 Å².